The summed E-state index contributed by atoms with van der Waals surface area (Å²) in [6, 6.07) is 21.9. The number of nitrogens with zero attached hydrogens (tertiary/aromatic N) is 2. The molecule has 1 unspecified atom stereocenters. The van der Waals surface area contributed by atoms with Gasteiger partial charge in [-0.1, -0.05) is 48.5 Å². The van der Waals surface area contributed by atoms with Crippen molar-refractivity contribution in [2.24, 2.45) is 0 Å². The molecule has 124 valence electrons. The van der Waals surface area contributed by atoms with Gasteiger partial charge in [0.1, 0.15) is 0 Å². The van der Waals surface area contributed by atoms with Gasteiger partial charge in [-0.25, -0.2) is 4.98 Å². The third-order valence-corrected chi connectivity index (χ3v) is 4.88. The van der Waals surface area contributed by atoms with Crippen molar-refractivity contribution in [3.63, 3.8) is 0 Å². The number of hydrogen-bond donors (Lipinski definition) is 0. The van der Waals surface area contributed by atoms with Crippen LogP contribution in [-0.4, -0.2) is 17.6 Å². The zero-order valence-corrected chi connectivity index (χ0v) is 15.7. The van der Waals surface area contributed by atoms with E-state index in [9.17, 15) is 0 Å². The summed E-state index contributed by atoms with van der Waals surface area (Å²) >= 11 is 0. The lowest BCUT2D eigenvalue weighted by Gasteiger charge is -2.36. The van der Waals surface area contributed by atoms with E-state index in [1.165, 1.54) is 35.9 Å². The third kappa shape index (κ3) is 3.18. The summed E-state index contributed by atoms with van der Waals surface area (Å²) < 4.78 is 0. The second-order valence-electron chi connectivity index (χ2n) is 6.45. The topological polar surface area (TPSA) is 16.1 Å². The van der Waals surface area contributed by atoms with Gasteiger partial charge in [0.15, 0.2) is 0 Å². The molecular weight excluding hydrogens is 360 g/mol. The first-order chi connectivity index (χ1) is 11.3. The van der Waals surface area contributed by atoms with Crippen LogP contribution < -0.4 is 4.90 Å². The first-order valence-corrected chi connectivity index (χ1v) is 8.55. The molecule has 0 N–H and O–H groups in total. The van der Waals surface area contributed by atoms with Gasteiger partial charge in [0.2, 0.25) is 0 Å². The largest absolute Gasteiger partial charge is 0.368 e. The normalized spacial score (nSPS) is 17.5. The first kappa shape index (κ1) is 17.0. The van der Waals surface area contributed by atoms with Crippen molar-refractivity contribution in [2.75, 3.05) is 11.4 Å². The van der Waals surface area contributed by atoms with Gasteiger partial charge in [-0.3, -0.25) is 0 Å². The molecule has 0 amide bonds. The number of hydrogen-bond acceptors (Lipinski definition) is 2. The van der Waals surface area contributed by atoms with E-state index in [0.717, 1.165) is 17.8 Å². The Morgan fingerprint density at radius 1 is 0.958 bits per heavy atom. The van der Waals surface area contributed by atoms with Gasteiger partial charge in [0, 0.05) is 29.2 Å². The molecule has 1 fully saturated rings. The number of para-hydroxylation sites is 1. The van der Waals surface area contributed by atoms with Gasteiger partial charge in [0.25, 0.3) is 0 Å². The molecule has 2 heterocycles. The van der Waals surface area contributed by atoms with Gasteiger partial charge >= 0.3 is 0 Å². The van der Waals surface area contributed by atoms with Crippen LogP contribution in [0.3, 0.4) is 0 Å². The van der Waals surface area contributed by atoms with E-state index in [1.807, 2.05) is 0 Å². The highest BCUT2D eigenvalue weighted by Gasteiger charge is 2.21. The maximum atomic E-state index is 4.90. The number of benzene rings is 2. The molecule has 2 aromatic carbocycles. The highest BCUT2D eigenvalue weighted by Crippen LogP contribution is 2.34. The summed E-state index contributed by atoms with van der Waals surface area (Å²) in [6.07, 6.45) is 3.89. The first-order valence-electron chi connectivity index (χ1n) is 8.55. The molecule has 1 aliphatic heterocycles. The quantitative estimate of drug-likeness (QED) is 0.551. The van der Waals surface area contributed by atoms with E-state index in [0.29, 0.717) is 6.04 Å². The summed E-state index contributed by atoms with van der Waals surface area (Å²) in [5.74, 6) is 0. The third-order valence-electron chi connectivity index (χ3n) is 4.88. The van der Waals surface area contributed by atoms with Crippen molar-refractivity contribution in [3.05, 3.63) is 60.7 Å². The fraction of sp³-hybridized carbons (Fsp3) is 0.286. The Labute approximate surface area is 154 Å². The fourth-order valence-corrected chi connectivity index (χ4v) is 3.61. The minimum Gasteiger partial charge on any atom is -0.368 e. The van der Waals surface area contributed by atoms with Crippen LogP contribution in [0.1, 0.15) is 26.2 Å². The Balaban J connectivity index is 0.00000169. The molecule has 0 spiro atoms. The van der Waals surface area contributed by atoms with Crippen molar-refractivity contribution < 1.29 is 0 Å². The van der Waals surface area contributed by atoms with Crippen molar-refractivity contribution in [1.29, 1.82) is 0 Å². The predicted octanol–water partition coefficient (Wildman–Crippen LogP) is 5.86. The molecular formula is C21H23BrN2. The molecule has 0 bridgehead atoms. The number of rotatable bonds is 2. The van der Waals surface area contributed by atoms with Crippen LogP contribution in [0, 0.1) is 0 Å². The van der Waals surface area contributed by atoms with Gasteiger partial charge in [-0.15, -0.1) is 17.0 Å². The highest BCUT2D eigenvalue weighted by molar-refractivity contribution is 8.93. The van der Waals surface area contributed by atoms with E-state index in [1.54, 1.807) is 0 Å². The molecule has 1 aromatic heterocycles. The summed E-state index contributed by atoms with van der Waals surface area (Å²) in [5.41, 5.74) is 4.67. The lowest BCUT2D eigenvalue weighted by atomic mass is 10.0. The molecule has 2 nitrogen and oxygen atoms in total. The van der Waals surface area contributed by atoms with Crippen LogP contribution >= 0.6 is 17.0 Å². The predicted molar refractivity (Wildman–Crippen MR) is 108 cm³/mol. The lowest BCUT2D eigenvalue weighted by molar-refractivity contribution is 0.486. The summed E-state index contributed by atoms with van der Waals surface area (Å²) in [7, 11) is 0. The number of piperidine rings is 1. The van der Waals surface area contributed by atoms with Crippen LogP contribution in [-0.2, 0) is 0 Å². The Kier molecular flexibility index (Phi) is 5.20. The van der Waals surface area contributed by atoms with Crippen LogP contribution in [0.25, 0.3) is 22.2 Å². The van der Waals surface area contributed by atoms with Crippen LogP contribution in [0.4, 0.5) is 5.69 Å². The molecule has 3 heteroatoms. The highest BCUT2D eigenvalue weighted by atomic mass is 79.9. The second-order valence-corrected chi connectivity index (χ2v) is 6.45. The van der Waals surface area contributed by atoms with Crippen LogP contribution in [0.5, 0.6) is 0 Å². The molecule has 0 aliphatic carbocycles. The van der Waals surface area contributed by atoms with Crippen LogP contribution in [0.2, 0.25) is 0 Å². The van der Waals surface area contributed by atoms with Gasteiger partial charge < -0.3 is 4.90 Å². The van der Waals surface area contributed by atoms with Crippen molar-refractivity contribution in [1.82, 2.24) is 4.98 Å². The Hall–Kier alpha value is -1.87. The molecule has 1 aliphatic rings. The standard InChI is InChI=1S/C21H22N2.BrH/c1-16-9-7-8-14-23(16)21-15-20(17-10-3-2-4-11-17)22-19-13-6-5-12-18(19)21;/h2-6,10-13,15-16H,7-9,14H2,1H3;1H. The Morgan fingerprint density at radius 3 is 2.50 bits per heavy atom. The monoisotopic (exact) mass is 382 g/mol. The van der Waals surface area contributed by atoms with Gasteiger partial charge in [0.05, 0.1) is 11.2 Å². The van der Waals surface area contributed by atoms with E-state index in [2.05, 4.69) is 72.5 Å². The summed E-state index contributed by atoms with van der Waals surface area (Å²) in [4.78, 5) is 7.47. The molecule has 4 rings (SSSR count). The Morgan fingerprint density at radius 2 is 1.71 bits per heavy atom. The maximum Gasteiger partial charge on any atom is 0.0730 e. The van der Waals surface area contributed by atoms with Crippen molar-refractivity contribution in [3.8, 4) is 11.3 Å². The second kappa shape index (κ2) is 7.35. The molecule has 0 radical (unpaired) electrons. The summed E-state index contributed by atoms with van der Waals surface area (Å²) in [5, 5.41) is 1.26. The van der Waals surface area contributed by atoms with E-state index >= 15 is 0 Å². The maximum absolute atomic E-state index is 4.90. The number of pyridine rings is 1. The zero-order valence-electron chi connectivity index (χ0n) is 14.0. The number of aromatic nitrogens is 1. The molecule has 1 saturated heterocycles. The molecule has 1 atom stereocenters. The average molecular weight is 383 g/mol. The number of anilines is 1. The van der Waals surface area contributed by atoms with Crippen LogP contribution in [0.15, 0.2) is 60.7 Å². The fourth-order valence-electron chi connectivity index (χ4n) is 3.61. The van der Waals surface area contributed by atoms with Crippen molar-refractivity contribution >= 4 is 33.6 Å². The molecule has 3 aromatic rings. The number of halogens is 1. The number of fused-ring (bicyclic) bond motifs is 1. The van der Waals surface area contributed by atoms with E-state index in [4.69, 9.17) is 4.98 Å². The lowest BCUT2D eigenvalue weighted by Crippen LogP contribution is -2.37. The van der Waals surface area contributed by atoms with Crippen molar-refractivity contribution in [2.45, 2.75) is 32.2 Å². The molecule has 0 saturated carbocycles. The smallest absolute Gasteiger partial charge is 0.0730 e. The Bertz CT molecular complexity index is 816. The molecule has 24 heavy (non-hydrogen) atoms. The summed E-state index contributed by atoms with van der Waals surface area (Å²) in [6.45, 7) is 3.49. The van der Waals surface area contributed by atoms with Gasteiger partial charge in [-0.05, 0) is 38.3 Å². The van der Waals surface area contributed by atoms with Gasteiger partial charge in [-0.2, -0.15) is 0 Å². The average Bonchev–Trinajstić information content (AvgIpc) is 2.62. The minimum absolute atomic E-state index is 0. The minimum atomic E-state index is 0. The van der Waals surface area contributed by atoms with E-state index in [-0.39, 0.29) is 17.0 Å². The SMILES string of the molecule is Br.CC1CCCCN1c1cc(-c2ccccc2)nc2ccccc12. The van der Waals surface area contributed by atoms with E-state index < -0.39 is 0 Å². The zero-order chi connectivity index (χ0) is 15.6.